The Bertz CT molecular complexity index is 460. The van der Waals surface area contributed by atoms with Gasteiger partial charge in [0.2, 0.25) is 0 Å². The number of nitrogens with one attached hydrogen (secondary N) is 1. The first-order valence-corrected chi connectivity index (χ1v) is 5.84. The summed E-state index contributed by atoms with van der Waals surface area (Å²) in [5.74, 6) is 1.80. The maximum absolute atomic E-state index is 4.51. The zero-order valence-electron chi connectivity index (χ0n) is 9.83. The summed E-state index contributed by atoms with van der Waals surface area (Å²) in [6, 6.07) is 8.30. The highest BCUT2D eigenvalue weighted by Crippen LogP contribution is 2.20. The lowest BCUT2D eigenvalue weighted by molar-refractivity contribution is 0.841. The van der Waals surface area contributed by atoms with E-state index in [9.17, 15) is 0 Å². The Kier molecular flexibility index (Phi) is 3.34. The quantitative estimate of drug-likeness (QED) is 0.851. The fourth-order valence-electron chi connectivity index (χ4n) is 1.81. The zero-order valence-corrected chi connectivity index (χ0v) is 9.83. The number of benzene rings is 1. The van der Waals surface area contributed by atoms with Gasteiger partial charge in [0.1, 0.15) is 5.82 Å². The molecule has 0 atom stereocenters. The van der Waals surface area contributed by atoms with Crippen molar-refractivity contribution in [1.82, 2.24) is 15.2 Å². The second-order valence-corrected chi connectivity index (χ2v) is 3.87. The molecule has 0 amide bonds. The van der Waals surface area contributed by atoms with E-state index in [0.717, 1.165) is 36.5 Å². The van der Waals surface area contributed by atoms with Gasteiger partial charge in [-0.3, -0.25) is 5.10 Å². The van der Waals surface area contributed by atoms with Crippen LogP contribution in [0.3, 0.4) is 0 Å². The van der Waals surface area contributed by atoms with Crippen molar-refractivity contribution in [3.05, 3.63) is 35.7 Å². The van der Waals surface area contributed by atoms with E-state index < -0.39 is 0 Å². The van der Waals surface area contributed by atoms with Crippen LogP contribution in [0.15, 0.2) is 24.3 Å². The lowest BCUT2D eigenvalue weighted by atomic mass is 10.1. The van der Waals surface area contributed by atoms with Crippen molar-refractivity contribution in [3.8, 4) is 11.4 Å². The molecule has 0 aliphatic heterocycles. The van der Waals surface area contributed by atoms with Gasteiger partial charge in [-0.25, -0.2) is 4.98 Å². The minimum absolute atomic E-state index is 0.820. The van der Waals surface area contributed by atoms with Gasteiger partial charge in [-0.1, -0.05) is 38.1 Å². The fourth-order valence-corrected chi connectivity index (χ4v) is 1.81. The van der Waals surface area contributed by atoms with E-state index in [1.54, 1.807) is 0 Å². The van der Waals surface area contributed by atoms with Gasteiger partial charge >= 0.3 is 0 Å². The van der Waals surface area contributed by atoms with Crippen molar-refractivity contribution in [1.29, 1.82) is 0 Å². The Hall–Kier alpha value is -1.64. The third-order valence-corrected chi connectivity index (χ3v) is 2.66. The van der Waals surface area contributed by atoms with Gasteiger partial charge in [0, 0.05) is 12.0 Å². The first-order chi connectivity index (χ1) is 7.85. The number of aromatic nitrogens is 3. The molecule has 0 unspecified atom stereocenters. The summed E-state index contributed by atoms with van der Waals surface area (Å²) in [5.41, 5.74) is 2.44. The molecular weight excluding hydrogens is 198 g/mol. The SMILES string of the molecule is CCCc1nc(-c2ccccc2CC)n[nH]1. The Morgan fingerprint density at radius 1 is 1.19 bits per heavy atom. The molecule has 0 bridgehead atoms. The largest absolute Gasteiger partial charge is 0.263 e. The molecule has 0 fully saturated rings. The molecule has 0 spiro atoms. The van der Waals surface area contributed by atoms with Crippen LogP contribution in [0.5, 0.6) is 0 Å². The molecule has 1 N–H and O–H groups in total. The van der Waals surface area contributed by atoms with Gasteiger partial charge < -0.3 is 0 Å². The summed E-state index contributed by atoms with van der Waals surface area (Å²) >= 11 is 0. The molecule has 0 aliphatic rings. The number of H-pyrrole nitrogens is 1. The highest BCUT2D eigenvalue weighted by Gasteiger charge is 2.08. The van der Waals surface area contributed by atoms with Crippen LogP contribution in [0.1, 0.15) is 31.7 Å². The molecule has 3 nitrogen and oxygen atoms in total. The van der Waals surface area contributed by atoms with Crippen LogP contribution in [-0.4, -0.2) is 15.2 Å². The van der Waals surface area contributed by atoms with Gasteiger partial charge in [0.25, 0.3) is 0 Å². The second kappa shape index (κ2) is 4.92. The maximum atomic E-state index is 4.51. The lowest BCUT2D eigenvalue weighted by Gasteiger charge is -2.02. The molecule has 0 aliphatic carbocycles. The van der Waals surface area contributed by atoms with Crippen LogP contribution in [-0.2, 0) is 12.8 Å². The first kappa shape index (κ1) is 10.9. The van der Waals surface area contributed by atoms with Gasteiger partial charge in [-0.05, 0) is 18.4 Å². The summed E-state index contributed by atoms with van der Waals surface area (Å²) in [5, 5.41) is 7.27. The monoisotopic (exact) mass is 215 g/mol. The van der Waals surface area contributed by atoms with Crippen molar-refractivity contribution < 1.29 is 0 Å². The Morgan fingerprint density at radius 3 is 2.75 bits per heavy atom. The van der Waals surface area contributed by atoms with E-state index in [0.29, 0.717) is 0 Å². The number of rotatable bonds is 4. The third kappa shape index (κ3) is 2.13. The molecule has 1 aromatic carbocycles. The van der Waals surface area contributed by atoms with Crippen molar-refractivity contribution in [2.24, 2.45) is 0 Å². The van der Waals surface area contributed by atoms with Crippen molar-refractivity contribution in [2.75, 3.05) is 0 Å². The van der Waals surface area contributed by atoms with Gasteiger partial charge in [0.15, 0.2) is 5.82 Å². The predicted molar refractivity (Wildman–Crippen MR) is 65.2 cm³/mol. The summed E-state index contributed by atoms with van der Waals surface area (Å²) in [6.07, 6.45) is 3.05. The van der Waals surface area contributed by atoms with E-state index in [4.69, 9.17) is 0 Å². The van der Waals surface area contributed by atoms with Crippen molar-refractivity contribution >= 4 is 0 Å². The highest BCUT2D eigenvalue weighted by molar-refractivity contribution is 5.59. The molecular formula is C13H17N3. The molecule has 84 valence electrons. The minimum atomic E-state index is 0.820. The molecule has 2 rings (SSSR count). The van der Waals surface area contributed by atoms with Crippen LogP contribution < -0.4 is 0 Å². The van der Waals surface area contributed by atoms with Gasteiger partial charge in [-0.15, -0.1) is 0 Å². The first-order valence-electron chi connectivity index (χ1n) is 5.84. The third-order valence-electron chi connectivity index (χ3n) is 2.66. The smallest absolute Gasteiger partial charge is 0.181 e. The molecule has 0 radical (unpaired) electrons. The van der Waals surface area contributed by atoms with Crippen LogP contribution >= 0.6 is 0 Å². The maximum Gasteiger partial charge on any atom is 0.181 e. The predicted octanol–water partition coefficient (Wildman–Crippen LogP) is 2.99. The average molecular weight is 215 g/mol. The molecule has 16 heavy (non-hydrogen) atoms. The van der Waals surface area contributed by atoms with Crippen LogP contribution in [0.2, 0.25) is 0 Å². The topological polar surface area (TPSA) is 41.6 Å². The molecule has 2 aromatic rings. The van der Waals surface area contributed by atoms with Crippen LogP contribution in [0.25, 0.3) is 11.4 Å². The van der Waals surface area contributed by atoms with Crippen molar-refractivity contribution in [2.45, 2.75) is 33.1 Å². The minimum Gasteiger partial charge on any atom is -0.263 e. The van der Waals surface area contributed by atoms with Crippen molar-refractivity contribution in [3.63, 3.8) is 0 Å². The normalized spacial score (nSPS) is 10.6. The Balaban J connectivity index is 2.34. The van der Waals surface area contributed by atoms with Gasteiger partial charge in [-0.2, -0.15) is 5.10 Å². The van der Waals surface area contributed by atoms with E-state index in [2.05, 4.69) is 47.2 Å². The average Bonchev–Trinajstić information content (AvgIpc) is 2.78. The molecule has 1 aromatic heterocycles. The lowest BCUT2D eigenvalue weighted by Crippen LogP contribution is -1.89. The summed E-state index contributed by atoms with van der Waals surface area (Å²) in [4.78, 5) is 4.51. The zero-order chi connectivity index (χ0) is 11.4. The van der Waals surface area contributed by atoms with E-state index in [1.165, 1.54) is 5.56 Å². The van der Waals surface area contributed by atoms with E-state index >= 15 is 0 Å². The summed E-state index contributed by atoms with van der Waals surface area (Å²) in [7, 11) is 0. The van der Waals surface area contributed by atoms with Crippen LogP contribution in [0.4, 0.5) is 0 Å². The Morgan fingerprint density at radius 2 is 2.00 bits per heavy atom. The molecule has 1 heterocycles. The Labute approximate surface area is 95.9 Å². The fraction of sp³-hybridized carbons (Fsp3) is 0.385. The number of nitrogens with zero attached hydrogens (tertiary/aromatic N) is 2. The summed E-state index contributed by atoms with van der Waals surface area (Å²) < 4.78 is 0. The van der Waals surface area contributed by atoms with Gasteiger partial charge in [0.05, 0.1) is 0 Å². The number of aromatic amines is 1. The second-order valence-electron chi connectivity index (χ2n) is 3.87. The standard InChI is InChI=1S/C13H17N3/c1-3-7-12-14-13(16-15-12)11-9-6-5-8-10(11)4-2/h5-6,8-9H,3-4,7H2,1-2H3,(H,14,15,16). The van der Waals surface area contributed by atoms with Crippen LogP contribution in [0, 0.1) is 0 Å². The van der Waals surface area contributed by atoms with E-state index in [-0.39, 0.29) is 0 Å². The highest BCUT2D eigenvalue weighted by atomic mass is 15.2. The number of aryl methyl sites for hydroxylation is 2. The molecule has 3 heteroatoms. The molecule has 0 saturated carbocycles. The molecule has 0 saturated heterocycles. The number of hydrogen-bond acceptors (Lipinski definition) is 2. The number of hydrogen-bond donors (Lipinski definition) is 1. The van der Waals surface area contributed by atoms with E-state index in [1.807, 2.05) is 6.07 Å². The summed E-state index contributed by atoms with van der Waals surface area (Å²) in [6.45, 7) is 4.29.